The van der Waals surface area contributed by atoms with E-state index in [1.54, 1.807) is 12.4 Å². The SMILES string of the molecule is Cn1cnc(-c2ccccc2)c1CSC[C@H]1O[C@@H](n2cc(C#Cc3cncnc3)c3c(N)ncnc32)[C@H](O[Si](C)(C)C(C)(C)C)[C@@H]1O[Si](C)(C)C(C)(C)C. The van der Waals surface area contributed by atoms with Crippen molar-refractivity contribution in [1.82, 2.24) is 34.1 Å². The minimum absolute atomic E-state index is 0.0324. The largest absolute Gasteiger partial charge is 0.408 e. The Labute approximate surface area is 326 Å². The van der Waals surface area contributed by atoms with E-state index in [1.165, 1.54) is 12.7 Å². The Morgan fingerprint density at radius 3 is 2.17 bits per heavy atom. The third-order valence-corrected chi connectivity index (χ3v) is 21.2. The van der Waals surface area contributed by atoms with E-state index < -0.39 is 29.0 Å². The summed E-state index contributed by atoms with van der Waals surface area (Å²) in [5.74, 6) is 8.27. The second-order valence-corrected chi connectivity index (χ2v) is 27.6. The summed E-state index contributed by atoms with van der Waals surface area (Å²) < 4.78 is 26.2. The Balaban J connectivity index is 1.43. The first-order valence-corrected chi connectivity index (χ1v) is 25.4. The highest BCUT2D eigenvalue weighted by Gasteiger charge is 2.54. The Morgan fingerprint density at radius 2 is 1.52 bits per heavy atom. The molecule has 0 aliphatic carbocycles. The zero-order valence-corrected chi connectivity index (χ0v) is 36.2. The molecule has 0 amide bonds. The minimum atomic E-state index is -2.37. The number of thioether (sulfide) groups is 1. The van der Waals surface area contributed by atoms with E-state index in [0.717, 1.165) is 22.7 Å². The molecule has 14 heteroatoms. The number of rotatable bonds is 10. The van der Waals surface area contributed by atoms with Gasteiger partial charge in [-0.15, -0.1) is 0 Å². The number of ether oxygens (including phenoxy) is 1. The van der Waals surface area contributed by atoms with Crippen molar-refractivity contribution in [3.63, 3.8) is 0 Å². The molecular formula is C40H54N8O3SSi2. The molecule has 1 aliphatic rings. The molecule has 4 aromatic heterocycles. The molecule has 5 aromatic rings. The molecule has 0 radical (unpaired) electrons. The average molecular weight is 783 g/mol. The Morgan fingerprint density at radius 1 is 0.870 bits per heavy atom. The van der Waals surface area contributed by atoms with Crippen molar-refractivity contribution >= 4 is 45.2 Å². The molecule has 11 nitrogen and oxygen atoms in total. The van der Waals surface area contributed by atoms with Gasteiger partial charge in [0.15, 0.2) is 22.9 Å². The van der Waals surface area contributed by atoms with Gasteiger partial charge in [0.25, 0.3) is 0 Å². The lowest BCUT2D eigenvalue weighted by Gasteiger charge is -2.44. The summed E-state index contributed by atoms with van der Waals surface area (Å²) in [6.45, 7) is 22.8. The van der Waals surface area contributed by atoms with Crippen LogP contribution in [-0.4, -0.2) is 74.8 Å². The van der Waals surface area contributed by atoms with Gasteiger partial charge < -0.3 is 28.5 Å². The summed E-state index contributed by atoms with van der Waals surface area (Å²) in [6, 6.07) is 10.3. The number of anilines is 1. The van der Waals surface area contributed by atoms with Crippen LogP contribution >= 0.6 is 11.8 Å². The first kappa shape index (κ1) is 39.8. The van der Waals surface area contributed by atoms with Crippen molar-refractivity contribution in [2.45, 2.75) is 108 Å². The van der Waals surface area contributed by atoms with Crippen molar-refractivity contribution in [1.29, 1.82) is 0 Å². The van der Waals surface area contributed by atoms with Gasteiger partial charge in [-0.25, -0.2) is 24.9 Å². The minimum Gasteiger partial charge on any atom is -0.408 e. The highest BCUT2D eigenvalue weighted by atomic mass is 32.2. The maximum absolute atomic E-state index is 7.44. The highest BCUT2D eigenvalue weighted by Crippen LogP contribution is 2.47. The fraction of sp³-hybridized carbons (Fsp3) is 0.475. The van der Waals surface area contributed by atoms with Crippen LogP contribution in [-0.2, 0) is 26.4 Å². The summed E-state index contributed by atoms with van der Waals surface area (Å²) in [6.07, 6.45) is 8.57. The molecule has 286 valence electrons. The van der Waals surface area contributed by atoms with Crippen molar-refractivity contribution < 1.29 is 13.6 Å². The van der Waals surface area contributed by atoms with Gasteiger partial charge in [0.1, 0.15) is 36.3 Å². The van der Waals surface area contributed by atoms with Crippen LogP contribution in [0.3, 0.4) is 0 Å². The average Bonchev–Trinajstić information content (AvgIpc) is 3.77. The van der Waals surface area contributed by atoms with E-state index in [-0.39, 0.29) is 22.3 Å². The van der Waals surface area contributed by atoms with Crippen LogP contribution in [0, 0.1) is 11.8 Å². The van der Waals surface area contributed by atoms with E-state index in [1.807, 2.05) is 34.9 Å². The maximum atomic E-state index is 7.44. The quantitative estimate of drug-likeness (QED) is 0.109. The second kappa shape index (κ2) is 15.4. The first-order chi connectivity index (χ1) is 25.4. The van der Waals surface area contributed by atoms with Crippen LogP contribution in [0.1, 0.15) is 64.6 Å². The summed E-state index contributed by atoms with van der Waals surface area (Å²) in [5.41, 5.74) is 11.8. The number of hydrogen-bond acceptors (Lipinski definition) is 10. The van der Waals surface area contributed by atoms with Crippen LogP contribution in [0.25, 0.3) is 22.3 Å². The monoisotopic (exact) mass is 782 g/mol. The molecule has 54 heavy (non-hydrogen) atoms. The Kier molecular flexibility index (Phi) is 11.3. The number of benzene rings is 1. The predicted octanol–water partition coefficient (Wildman–Crippen LogP) is 8.22. The number of aryl methyl sites for hydroxylation is 1. The van der Waals surface area contributed by atoms with E-state index in [0.29, 0.717) is 33.7 Å². The number of imidazole rings is 1. The highest BCUT2D eigenvalue weighted by molar-refractivity contribution is 7.98. The Bertz CT molecular complexity index is 2130. The number of hydrogen-bond donors (Lipinski definition) is 1. The van der Waals surface area contributed by atoms with Gasteiger partial charge in [-0.05, 0) is 36.3 Å². The molecule has 6 rings (SSSR count). The molecule has 1 aliphatic heterocycles. The van der Waals surface area contributed by atoms with E-state index >= 15 is 0 Å². The van der Waals surface area contributed by atoms with Crippen molar-refractivity contribution in [3.8, 4) is 23.1 Å². The molecule has 1 fully saturated rings. The third-order valence-electron chi connectivity index (χ3n) is 11.2. The smallest absolute Gasteiger partial charge is 0.192 e. The van der Waals surface area contributed by atoms with Crippen molar-refractivity contribution in [2.24, 2.45) is 7.05 Å². The molecule has 2 N–H and O–H groups in total. The number of nitrogen functional groups attached to an aromatic ring is 1. The molecule has 1 aromatic carbocycles. The fourth-order valence-electron chi connectivity index (χ4n) is 6.00. The van der Waals surface area contributed by atoms with Crippen LogP contribution in [0.4, 0.5) is 5.82 Å². The zero-order valence-electron chi connectivity index (χ0n) is 33.4. The molecular weight excluding hydrogens is 729 g/mol. The van der Waals surface area contributed by atoms with Crippen LogP contribution in [0.5, 0.6) is 0 Å². The van der Waals surface area contributed by atoms with E-state index in [9.17, 15) is 0 Å². The molecule has 4 atom stereocenters. The summed E-state index contributed by atoms with van der Waals surface area (Å²) in [7, 11) is -2.64. The lowest BCUT2D eigenvalue weighted by atomic mass is 10.1. The standard InChI is InChI=1S/C40H54N8O3SSi2/c1-39(2,3)53(8,9)50-34-31(23-52-22-30-33(46-26-47(30)7)28-15-13-12-14-16-28)49-38(35(34)51-54(10,11)40(4,5)6)48-21-29(18-17-27-19-42-24-43-20-27)32-36(41)44-25-45-37(32)48/h12-16,19-21,24-26,31,34-35,38H,22-23H2,1-11H3,(H2,41,44,45)/t31-,34-,35-,38-/m1/s1. The van der Waals surface area contributed by atoms with E-state index in [2.05, 4.69) is 130 Å². The van der Waals surface area contributed by atoms with Gasteiger partial charge in [0.05, 0.1) is 40.3 Å². The van der Waals surface area contributed by atoms with Crippen LogP contribution in [0.15, 0.2) is 67.9 Å². The van der Waals surface area contributed by atoms with Crippen molar-refractivity contribution in [3.05, 3.63) is 84.7 Å². The molecule has 0 bridgehead atoms. The van der Waals surface area contributed by atoms with Gasteiger partial charge in [0, 0.05) is 42.7 Å². The summed E-state index contributed by atoms with van der Waals surface area (Å²) in [4.78, 5) is 22.1. The molecule has 0 saturated carbocycles. The van der Waals surface area contributed by atoms with Gasteiger partial charge in [0.2, 0.25) is 0 Å². The topological polar surface area (TPSA) is 128 Å². The predicted molar refractivity (Wildman–Crippen MR) is 223 cm³/mol. The van der Waals surface area contributed by atoms with Gasteiger partial charge in [-0.1, -0.05) is 83.7 Å². The number of nitrogens with zero attached hydrogens (tertiary/aromatic N) is 7. The lowest BCUT2D eigenvalue weighted by molar-refractivity contribution is -0.0244. The first-order valence-electron chi connectivity index (χ1n) is 18.4. The van der Waals surface area contributed by atoms with Gasteiger partial charge in [-0.2, -0.15) is 11.8 Å². The normalized spacial score (nSPS) is 19.6. The molecule has 0 spiro atoms. The summed E-state index contributed by atoms with van der Waals surface area (Å²) >= 11 is 1.82. The van der Waals surface area contributed by atoms with Gasteiger partial charge in [-0.3, -0.25) is 0 Å². The summed E-state index contributed by atoms with van der Waals surface area (Å²) in [5, 5.41) is 0.579. The second-order valence-electron chi connectivity index (χ2n) is 17.1. The zero-order chi connectivity index (χ0) is 39.1. The lowest BCUT2D eigenvalue weighted by Crippen LogP contribution is -2.53. The number of nitrogens with two attached hydrogens (primary N) is 1. The molecule has 5 heterocycles. The van der Waals surface area contributed by atoms with Crippen molar-refractivity contribution in [2.75, 3.05) is 11.5 Å². The number of fused-ring (bicyclic) bond motifs is 1. The molecule has 0 unspecified atom stereocenters. The van der Waals surface area contributed by atoms with Gasteiger partial charge >= 0.3 is 0 Å². The maximum Gasteiger partial charge on any atom is 0.192 e. The van der Waals surface area contributed by atoms with E-state index in [4.69, 9.17) is 29.3 Å². The van der Waals surface area contributed by atoms with Crippen LogP contribution < -0.4 is 5.73 Å². The third kappa shape index (κ3) is 8.22. The molecule has 1 saturated heterocycles. The Hall–Kier alpha value is -3.85. The number of aromatic nitrogens is 7. The van der Waals surface area contributed by atoms with Crippen LogP contribution in [0.2, 0.25) is 36.3 Å². The fourth-order valence-corrected chi connectivity index (χ4v) is 9.76.